The van der Waals surface area contributed by atoms with Gasteiger partial charge in [0, 0.05) is 13.2 Å². The Balaban J connectivity index is 2.73. The van der Waals surface area contributed by atoms with Gasteiger partial charge in [-0.15, -0.1) is 0 Å². The first-order chi connectivity index (χ1) is 8.24. The fourth-order valence-electron chi connectivity index (χ4n) is 1.68. The van der Waals surface area contributed by atoms with Crippen LogP contribution in [0.1, 0.15) is 38.5 Å². The molecule has 5 heteroatoms. The lowest BCUT2D eigenvalue weighted by Gasteiger charge is -2.14. The summed E-state index contributed by atoms with van der Waals surface area (Å²) in [5.41, 5.74) is 0.699. The van der Waals surface area contributed by atoms with Crippen LogP contribution in [0, 0.1) is 0 Å². The van der Waals surface area contributed by atoms with Gasteiger partial charge in [0.15, 0.2) is 5.75 Å². The van der Waals surface area contributed by atoms with Gasteiger partial charge in [0.1, 0.15) is 11.8 Å². The molecule has 0 saturated heterocycles. The van der Waals surface area contributed by atoms with E-state index in [2.05, 4.69) is 12.0 Å². The molecular formula is C12H22N2O3. The van der Waals surface area contributed by atoms with Crippen molar-refractivity contribution in [1.82, 2.24) is 9.78 Å². The molecule has 17 heavy (non-hydrogen) atoms. The third kappa shape index (κ3) is 3.71. The maximum Gasteiger partial charge on any atom is 0.162 e. The van der Waals surface area contributed by atoms with E-state index < -0.39 is 6.10 Å². The quantitative estimate of drug-likeness (QED) is 0.706. The third-order valence-electron chi connectivity index (χ3n) is 2.44. The highest BCUT2D eigenvalue weighted by Gasteiger charge is 2.19. The first-order valence-corrected chi connectivity index (χ1v) is 6.10. The lowest BCUT2D eigenvalue weighted by molar-refractivity contribution is 0.0305. The minimum absolute atomic E-state index is 0.277. The topological polar surface area (TPSA) is 56.5 Å². The summed E-state index contributed by atoms with van der Waals surface area (Å²) in [7, 11) is 1.58. The molecule has 0 aliphatic heterocycles. The summed E-state index contributed by atoms with van der Waals surface area (Å²) in [6, 6.07) is 0. The zero-order valence-corrected chi connectivity index (χ0v) is 10.8. The monoisotopic (exact) mass is 242 g/mol. The van der Waals surface area contributed by atoms with Crippen molar-refractivity contribution in [3.05, 3.63) is 11.9 Å². The van der Waals surface area contributed by atoms with Crippen LogP contribution in [0.25, 0.3) is 0 Å². The van der Waals surface area contributed by atoms with Crippen LogP contribution in [0.15, 0.2) is 6.20 Å². The Hall–Kier alpha value is -1.07. The van der Waals surface area contributed by atoms with Crippen LogP contribution in [-0.4, -0.2) is 35.2 Å². The maximum absolute atomic E-state index is 10.1. The number of aromatic nitrogens is 2. The van der Waals surface area contributed by atoms with E-state index in [1.807, 2.05) is 6.92 Å². The fourth-order valence-corrected chi connectivity index (χ4v) is 1.68. The minimum Gasteiger partial charge on any atom is -0.493 e. The number of ether oxygens (including phenoxy) is 2. The molecule has 5 nitrogen and oxygen atoms in total. The SMILES string of the molecule is CCCOCC(O)c1c(OC)cnn1CCC. The summed E-state index contributed by atoms with van der Waals surface area (Å²) in [5.74, 6) is 0.617. The lowest BCUT2D eigenvalue weighted by atomic mass is 10.2. The van der Waals surface area contributed by atoms with Gasteiger partial charge < -0.3 is 14.6 Å². The van der Waals surface area contributed by atoms with Gasteiger partial charge in [-0.3, -0.25) is 4.68 Å². The van der Waals surface area contributed by atoms with E-state index >= 15 is 0 Å². The van der Waals surface area contributed by atoms with Gasteiger partial charge >= 0.3 is 0 Å². The Morgan fingerprint density at radius 3 is 2.76 bits per heavy atom. The molecule has 0 aromatic carbocycles. The van der Waals surface area contributed by atoms with Crippen LogP contribution < -0.4 is 4.74 Å². The van der Waals surface area contributed by atoms with Crippen LogP contribution in [0.4, 0.5) is 0 Å². The largest absolute Gasteiger partial charge is 0.493 e. The van der Waals surface area contributed by atoms with Gasteiger partial charge in [-0.05, 0) is 12.8 Å². The van der Waals surface area contributed by atoms with Crippen molar-refractivity contribution in [3.8, 4) is 5.75 Å². The van der Waals surface area contributed by atoms with Crippen molar-refractivity contribution in [2.75, 3.05) is 20.3 Å². The van der Waals surface area contributed by atoms with Gasteiger partial charge in [-0.25, -0.2) is 0 Å². The molecule has 0 aliphatic rings. The van der Waals surface area contributed by atoms with Crippen molar-refractivity contribution in [1.29, 1.82) is 0 Å². The first kappa shape index (κ1) is 14.0. The van der Waals surface area contributed by atoms with Crippen molar-refractivity contribution in [2.45, 2.75) is 39.3 Å². The highest BCUT2D eigenvalue weighted by Crippen LogP contribution is 2.25. The predicted molar refractivity (Wildman–Crippen MR) is 65.1 cm³/mol. The Bertz CT molecular complexity index is 326. The van der Waals surface area contributed by atoms with Crippen LogP contribution >= 0.6 is 0 Å². The molecule has 1 unspecified atom stereocenters. The molecule has 1 heterocycles. The Morgan fingerprint density at radius 2 is 2.18 bits per heavy atom. The summed E-state index contributed by atoms with van der Waals surface area (Å²) >= 11 is 0. The Labute approximate surface area is 102 Å². The molecule has 0 aliphatic carbocycles. The zero-order chi connectivity index (χ0) is 12.7. The molecule has 98 valence electrons. The fraction of sp³-hybridized carbons (Fsp3) is 0.750. The molecule has 1 rings (SSSR count). The van der Waals surface area contributed by atoms with E-state index in [1.165, 1.54) is 0 Å². The highest BCUT2D eigenvalue weighted by atomic mass is 16.5. The third-order valence-corrected chi connectivity index (χ3v) is 2.44. The number of aryl methyl sites for hydroxylation is 1. The summed E-state index contributed by atoms with van der Waals surface area (Å²) < 4.78 is 12.3. The van der Waals surface area contributed by atoms with E-state index in [0.29, 0.717) is 18.1 Å². The Kier molecular flexibility index (Phi) is 6.00. The number of aliphatic hydroxyl groups is 1. The highest BCUT2D eigenvalue weighted by molar-refractivity contribution is 5.27. The second kappa shape index (κ2) is 7.29. The summed E-state index contributed by atoms with van der Waals surface area (Å²) in [6.45, 7) is 5.80. The number of aliphatic hydroxyl groups excluding tert-OH is 1. The maximum atomic E-state index is 10.1. The summed E-state index contributed by atoms with van der Waals surface area (Å²) in [5, 5.41) is 14.3. The second-order valence-electron chi connectivity index (χ2n) is 3.91. The molecule has 1 atom stereocenters. The number of rotatable bonds is 8. The molecule has 0 radical (unpaired) electrons. The van der Waals surface area contributed by atoms with Crippen molar-refractivity contribution < 1.29 is 14.6 Å². The van der Waals surface area contributed by atoms with Crippen LogP contribution in [-0.2, 0) is 11.3 Å². The minimum atomic E-state index is -0.689. The van der Waals surface area contributed by atoms with E-state index in [-0.39, 0.29) is 6.61 Å². The molecule has 1 N–H and O–H groups in total. The zero-order valence-electron chi connectivity index (χ0n) is 10.8. The number of methoxy groups -OCH3 is 1. The molecule has 0 amide bonds. The number of hydrogen-bond donors (Lipinski definition) is 1. The van der Waals surface area contributed by atoms with Gasteiger partial charge in [0.05, 0.1) is 19.9 Å². The normalized spacial score (nSPS) is 12.7. The standard InChI is InChI=1S/C12H22N2O3/c1-4-6-14-12(11(16-3)8-13-14)10(15)9-17-7-5-2/h8,10,15H,4-7,9H2,1-3H3. The molecule has 0 spiro atoms. The molecule has 0 fully saturated rings. The average molecular weight is 242 g/mol. The van der Waals surface area contributed by atoms with E-state index in [4.69, 9.17) is 9.47 Å². The number of nitrogens with zero attached hydrogens (tertiary/aromatic N) is 2. The van der Waals surface area contributed by atoms with E-state index in [9.17, 15) is 5.11 Å². The predicted octanol–water partition coefficient (Wildman–Crippen LogP) is 1.76. The van der Waals surface area contributed by atoms with E-state index in [1.54, 1.807) is 18.0 Å². The lowest BCUT2D eigenvalue weighted by Crippen LogP contribution is -2.15. The van der Waals surface area contributed by atoms with Crippen molar-refractivity contribution >= 4 is 0 Å². The summed E-state index contributed by atoms with van der Waals surface area (Å²) in [4.78, 5) is 0. The molecule has 0 saturated carbocycles. The molecule has 0 bridgehead atoms. The van der Waals surface area contributed by atoms with Crippen LogP contribution in [0.5, 0.6) is 5.75 Å². The van der Waals surface area contributed by atoms with Gasteiger partial charge in [0.25, 0.3) is 0 Å². The van der Waals surface area contributed by atoms with Crippen LogP contribution in [0.2, 0.25) is 0 Å². The number of hydrogen-bond acceptors (Lipinski definition) is 4. The van der Waals surface area contributed by atoms with Crippen molar-refractivity contribution in [2.24, 2.45) is 0 Å². The smallest absolute Gasteiger partial charge is 0.162 e. The average Bonchev–Trinajstić information content (AvgIpc) is 2.73. The van der Waals surface area contributed by atoms with Gasteiger partial charge in [-0.1, -0.05) is 13.8 Å². The summed E-state index contributed by atoms with van der Waals surface area (Å²) in [6.07, 6.45) is 2.84. The van der Waals surface area contributed by atoms with Gasteiger partial charge in [0.2, 0.25) is 0 Å². The van der Waals surface area contributed by atoms with E-state index in [0.717, 1.165) is 19.4 Å². The Morgan fingerprint density at radius 1 is 1.41 bits per heavy atom. The van der Waals surface area contributed by atoms with Crippen LogP contribution in [0.3, 0.4) is 0 Å². The molecule has 1 aromatic rings. The second-order valence-corrected chi connectivity index (χ2v) is 3.91. The molecular weight excluding hydrogens is 220 g/mol. The van der Waals surface area contributed by atoms with Crippen molar-refractivity contribution in [3.63, 3.8) is 0 Å². The first-order valence-electron chi connectivity index (χ1n) is 6.10. The van der Waals surface area contributed by atoms with Gasteiger partial charge in [-0.2, -0.15) is 5.10 Å². The molecule has 1 aromatic heterocycles.